The van der Waals surface area contributed by atoms with Gasteiger partial charge in [-0.05, 0) is 37.7 Å². The molecular formula is C24H28N6O3. The fourth-order valence-electron chi connectivity index (χ4n) is 4.50. The van der Waals surface area contributed by atoms with E-state index in [2.05, 4.69) is 42.3 Å². The number of rotatable bonds is 6. The standard InChI is InChI=1S/C24H28N6O3/c31-24(21-16-25-5-6-27-21)29-15-17-1-3-19(4-2-17)33-22-14-18(30-9-11-32-12-10-30)13-20-23(22)28-8-7-26-20/h5-8,13-14,16-17,19H,1-4,9-12,15H2,(H,29,31)/t17-,19+. The van der Waals surface area contributed by atoms with Crippen LogP contribution >= 0.6 is 0 Å². The number of nitrogens with one attached hydrogen (secondary N) is 1. The third-order valence-electron chi connectivity index (χ3n) is 6.33. The summed E-state index contributed by atoms with van der Waals surface area (Å²) < 4.78 is 12.0. The lowest BCUT2D eigenvalue weighted by atomic mass is 9.87. The van der Waals surface area contributed by atoms with Crippen LogP contribution in [0.15, 0.2) is 43.1 Å². The smallest absolute Gasteiger partial charge is 0.271 e. The van der Waals surface area contributed by atoms with Gasteiger partial charge in [0.15, 0.2) is 0 Å². The Morgan fingerprint density at radius 3 is 2.61 bits per heavy atom. The van der Waals surface area contributed by atoms with Gasteiger partial charge in [0.25, 0.3) is 5.91 Å². The molecule has 1 saturated carbocycles. The number of carbonyl (C=O) groups excluding carboxylic acids is 1. The number of carbonyl (C=O) groups is 1. The van der Waals surface area contributed by atoms with Crippen LogP contribution in [-0.4, -0.2) is 64.8 Å². The van der Waals surface area contributed by atoms with Crippen molar-refractivity contribution in [2.24, 2.45) is 5.92 Å². The van der Waals surface area contributed by atoms with E-state index in [1.54, 1.807) is 18.6 Å². The van der Waals surface area contributed by atoms with E-state index in [-0.39, 0.29) is 12.0 Å². The highest BCUT2D eigenvalue weighted by Crippen LogP contribution is 2.33. The lowest BCUT2D eigenvalue weighted by Gasteiger charge is -2.31. The Hall–Kier alpha value is -3.33. The number of aromatic nitrogens is 4. The van der Waals surface area contributed by atoms with Gasteiger partial charge >= 0.3 is 0 Å². The second-order valence-electron chi connectivity index (χ2n) is 8.53. The van der Waals surface area contributed by atoms with Crippen molar-refractivity contribution in [2.75, 3.05) is 37.7 Å². The summed E-state index contributed by atoms with van der Waals surface area (Å²) in [5.41, 5.74) is 3.09. The number of morpholine rings is 1. The zero-order valence-electron chi connectivity index (χ0n) is 18.5. The van der Waals surface area contributed by atoms with Crippen molar-refractivity contribution in [1.82, 2.24) is 25.3 Å². The van der Waals surface area contributed by atoms with E-state index in [1.807, 2.05) is 0 Å². The van der Waals surface area contributed by atoms with Crippen LogP contribution in [0.4, 0.5) is 5.69 Å². The predicted molar refractivity (Wildman–Crippen MR) is 123 cm³/mol. The van der Waals surface area contributed by atoms with Crippen molar-refractivity contribution in [1.29, 1.82) is 0 Å². The number of anilines is 1. The Morgan fingerprint density at radius 1 is 1.03 bits per heavy atom. The molecule has 0 atom stereocenters. The van der Waals surface area contributed by atoms with Gasteiger partial charge in [-0.3, -0.25) is 14.8 Å². The molecule has 9 heteroatoms. The highest BCUT2D eigenvalue weighted by Gasteiger charge is 2.25. The summed E-state index contributed by atoms with van der Waals surface area (Å²) in [5.74, 6) is 1.05. The van der Waals surface area contributed by atoms with E-state index in [4.69, 9.17) is 9.47 Å². The minimum absolute atomic E-state index is 0.127. The molecule has 9 nitrogen and oxygen atoms in total. The predicted octanol–water partition coefficient (Wildman–Crippen LogP) is 2.62. The first-order valence-electron chi connectivity index (χ1n) is 11.5. The van der Waals surface area contributed by atoms with Crippen LogP contribution < -0.4 is 15.0 Å². The average molecular weight is 449 g/mol. The Labute approximate surface area is 192 Å². The molecule has 5 rings (SSSR count). The molecule has 2 aromatic heterocycles. The molecule has 1 saturated heterocycles. The Bertz CT molecular complexity index is 1080. The number of fused-ring (bicyclic) bond motifs is 1. The maximum atomic E-state index is 12.2. The van der Waals surface area contributed by atoms with E-state index in [9.17, 15) is 4.79 Å². The van der Waals surface area contributed by atoms with Gasteiger partial charge < -0.3 is 19.7 Å². The Balaban J connectivity index is 1.20. The number of hydrogen-bond acceptors (Lipinski definition) is 8. The average Bonchev–Trinajstić information content (AvgIpc) is 2.89. The number of amides is 1. The van der Waals surface area contributed by atoms with Crippen molar-refractivity contribution in [3.05, 3.63) is 48.8 Å². The zero-order chi connectivity index (χ0) is 22.5. The molecule has 3 aromatic rings. The van der Waals surface area contributed by atoms with Crippen LogP contribution in [0.2, 0.25) is 0 Å². The summed E-state index contributed by atoms with van der Waals surface area (Å²) >= 11 is 0. The molecule has 0 bridgehead atoms. The molecule has 3 heterocycles. The van der Waals surface area contributed by atoms with Gasteiger partial charge in [0.05, 0.1) is 31.0 Å². The lowest BCUT2D eigenvalue weighted by Crippen LogP contribution is -2.36. The molecule has 1 N–H and O–H groups in total. The summed E-state index contributed by atoms with van der Waals surface area (Å²) in [5, 5.41) is 2.98. The first-order valence-corrected chi connectivity index (χ1v) is 11.5. The number of benzene rings is 1. The van der Waals surface area contributed by atoms with E-state index >= 15 is 0 Å². The summed E-state index contributed by atoms with van der Waals surface area (Å²) in [7, 11) is 0. The van der Waals surface area contributed by atoms with Crippen molar-refractivity contribution in [3.8, 4) is 5.75 Å². The molecule has 1 amide bonds. The maximum absolute atomic E-state index is 12.2. The number of hydrogen-bond donors (Lipinski definition) is 1. The van der Waals surface area contributed by atoms with E-state index in [0.717, 1.165) is 74.5 Å². The van der Waals surface area contributed by atoms with Gasteiger partial charge in [-0.15, -0.1) is 0 Å². The fourth-order valence-corrected chi connectivity index (χ4v) is 4.50. The van der Waals surface area contributed by atoms with Crippen LogP contribution in [-0.2, 0) is 4.74 Å². The fraction of sp³-hybridized carbons (Fsp3) is 0.458. The molecule has 1 aliphatic heterocycles. The minimum Gasteiger partial charge on any atom is -0.488 e. The van der Waals surface area contributed by atoms with Crippen LogP contribution in [0.1, 0.15) is 36.2 Å². The van der Waals surface area contributed by atoms with Gasteiger partial charge in [-0.2, -0.15) is 0 Å². The summed E-state index contributed by atoms with van der Waals surface area (Å²) in [4.78, 5) is 31.6. The third kappa shape index (κ3) is 5.19. The quantitative estimate of drug-likeness (QED) is 0.614. The van der Waals surface area contributed by atoms with Gasteiger partial charge in [-0.1, -0.05) is 0 Å². The van der Waals surface area contributed by atoms with Crippen molar-refractivity contribution < 1.29 is 14.3 Å². The SMILES string of the molecule is O=C(NC[C@H]1CC[C@@H](Oc2cc(N3CCOCC3)cc3nccnc23)CC1)c1cnccn1. The van der Waals surface area contributed by atoms with E-state index in [0.29, 0.717) is 18.2 Å². The highest BCUT2D eigenvalue weighted by atomic mass is 16.5. The van der Waals surface area contributed by atoms with Crippen LogP contribution in [0.25, 0.3) is 11.0 Å². The molecule has 33 heavy (non-hydrogen) atoms. The Kier molecular flexibility index (Phi) is 6.57. The summed E-state index contributed by atoms with van der Waals surface area (Å²) in [6, 6.07) is 4.17. The lowest BCUT2D eigenvalue weighted by molar-refractivity contribution is 0.0923. The maximum Gasteiger partial charge on any atom is 0.271 e. The number of ether oxygens (including phenoxy) is 2. The highest BCUT2D eigenvalue weighted by molar-refractivity contribution is 5.91. The van der Waals surface area contributed by atoms with Gasteiger partial charge in [0.2, 0.25) is 0 Å². The molecule has 1 aliphatic carbocycles. The van der Waals surface area contributed by atoms with Gasteiger partial charge in [0.1, 0.15) is 17.0 Å². The molecule has 172 valence electrons. The van der Waals surface area contributed by atoms with Crippen molar-refractivity contribution in [2.45, 2.75) is 31.8 Å². The molecule has 0 unspecified atom stereocenters. The van der Waals surface area contributed by atoms with Crippen LogP contribution in [0.5, 0.6) is 5.75 Å². The number of nitrogens with zero attached hydrogens (tertiary/aromatic N) is 5. The third-order valence-corrected chi connectivity index (χ3v) is 6.33. The molecular weight excluding hydrogens is 420 g/mol. The molecule has 0 spiro atoms. The van der Waals surface area contributed by atoms with Crippen molar-refractivity contribution in [3.63, 3.8) is 0 Å². The Morgan fingerprint density at radius 2 is 1.82 bits per heavy atom. The first kappa shape index (κ1) is 21.5. The van der Waals surface area contributed by atoms with Crippen LogP contribution in [0.3, 0.4) is 0 Å². The van der Waals surface area contributed by atoms with E-state index in [1.165, 1.54) is 12.4 Å². The topological polar surface area (TPSA) is 102 Å². The van der Waals surface area contributed by atoms with Crippen LogP contribution in [0, 0.1) is 5.92 Å². The monoisotopic (exact) mass is 448 g/mol. The molecule has 1 aromatic carbocycles. The van der Waals surface area contributed by atoms with Gasteiger partial charge in [0, 0.05) is 56.2 Å². The summed E-state index contributed by atoms with van der Waals surface area (Å²) in [6.45, 7) is 3.81. The van der Waals surface area contributed by atoms with Crippen molar-refractivity contribution >= 4 is 22.6 Å². The molecule has 0 radical (unpaired) electrons. The largest absolute Gasteiger partial charge is 0.488 e. The second kappa shape index (κ2) is 10.1. The molecule has 2 aliphatic rings. The summed E-state index contributed by atoms with van der Waals surface area (Å²) in [6.07, 6.45) is 12.0. The second-order valence-corrected chi connectivity index (χ2v) is 8.53. The normalized spacial score (nSPS) is 21.0. The van der Waals surface area contributed by atoms with Gasteiger partial charge in [-0.25, -0.2) is 9.97 Å². The zero-order valence-corrected chi connectivity index (χ0v) is 18.5. The minimum atomic E-state index is -0.175. The van der Waals surface area contributed by atoms with E-state index < -0.39 is 0 Å². The molecule has 2 fully saturated rings. The first-order chi connectivity index (χ1) is 16.3.